The fraction of sp³-hybridized carbons (Fsp3) is 0.600. The Morgan fingerprint density at radius 1 is 1.24 bits per heavy atom. The van der Waals surface area contributed by atoms with Gasteiger partial charge >= 0.3 is 12.4 Å². The number of nitrogens with one attached hydrogen (secondary N) is 1. The standard InChI is InChI=1S/C20H24F6N4O3/c21-19(22,23)11-30(12-2-1-3-12)16(9-27)18(32)28-15-5-4-13(8-14(15)20(24,25)26)29-6-7-33-10-17(29)31/h4-5,8,12,16H,1-3,6-7,9-11,27H2,(H,28,32)/t16-/m1/s1. The zero-order valence-corrected chi connectivity index (χ0v) is 17.5. The molecular weight excluding hydrogens is 458 g/mol. The number of hydrogen-bond donors (Lipinski definition) is 2. The van der Waals surface area contributed by atoms with Gasteiger partial charge in [-0.15, -0.1) is 0 Å². The number of carbonyl (C=O) groups excluding carboxylic acids is 2. The minimum Gasteiger partial charge on any atom is -0.370 e. The number of ether oxygens (including phenoxy) is 1. The topological polar surface area (TPSA) is 87.9 Å². The Morgan fingerprint density at radius 2 is 1.94 bits per heavy atom. The monoisotopic (exact) mass is 482 g/mol. The molecule has 1 heterocycles. The molecule has 1 aliphatic carbocycles. The van der Waals surface area contributed by atoms with E-state index in [0.29, 0.717) is 19.3 Å². The molecule has 0 radical (unpaired) electrons. The van der Waals surface area contributed by atoms with Crippen molar-refractivity contribution in [2.24, 2.45) is 5.73 Å². The highest BCUT2D eigenvalue weighted by molar-refractivity contribution is 5.98. The van der Waals surface area contributed by atoms with E-state index in [-0.39, 0.29) is 25.4 Å². The van der Waals surface area contributed by atoms with Crippen LogP contribution < -0.4 is 16.0 Å². The first-order valence-electron chi connectivity index (χ1n) is 10.3. The predicted molar refractivity (Wildman–Crippen MR) is 106 cm³/mol. The van der Waals surface area contributed by atoms with Gasteiger partial charge in [-0.2, -0.15) is 26.3 Å². The zero-order valence-electron chi connectivity index (χ0n) is 17.5. The van der Waals surface area contributed by atoms with Gasteiger partial charge < -0.3 is 20.7 Å². The molecule has 2 aliphatic rings. The third-order valence-electron chi connectivity index (χ3n) is 5.70. The second-order valence-electron chi connectivity index (χ2n) is 7.94. The van der Waals surface area contributed by atoms with E-state index < -0.39 is 60.6 Å². The Labute approximate surface area is 185 Å². The number of halogens is 6. The molecule has 1 aliphatic heterocycles. The SMILES string of the molecule is NC[C@H](C(=O)Nc1ccc(N2CCOCC2=O)cc1C(F)(F)F)N(CC(F)(F)F)C1CCC1. The van der Waals surface area contributed by atoms with E-state index in [0.717, 1.165) is 21.9 Å². The molecule has 3 rings (SSSR count). The van der Waals surface area contributed by atoms with Crippen LogP contribution in [0.15, 0.2) is 18.2 Å². The van der Waals surface area contributed by atoms with E-state index in [1.807, 2.05) is 0 Å². The molecule has 0 bridgehead atoms. The average Bonchev–Trinajstić information content (AvgIpc) is 2.66. The van der Waals surface area contributed by atoms with Crippen molar-refractivity contribution in [1.82, 2.24) is 4.90 Å². The summed E-state index contributed by atoms with van der Waals surface area (Å²) in [5.74, 6) is -1.58. The summed E-state index contributed by atoms with van der Waals surface area (Å²) in [6.07, 6.45) is -7.93. The molecule has 13 heteroatoms. The maximum Gasteiger partial charge on any atom is 0.418 e. The number of rotatable bonds is 7. The summed E-state index contributed by atoms with van der Waals surface area (Å²) in [5, 5.41) is 2.10. The van der Waals surface area contributed by atoms with Crippen LogP contribution in [0.5, 0.6) is 0 Å². The van der Waals surface area contributed by atoms with Crippen LogP contribution in [-0.2, 0) is 20.5 Å². The normalized spacial score (nSPS) is 18.9. The highest BCUT2D eigenvalue weighted by Gasteiger charge is 2.42. The second kappa shape index (κ2) is 9.85. The lowest BCUT2D eigenvalue weighted by Gasteiger charge is -2.41. The first-order valence-corrected chi connectivity index (χ1v) is 10.3. The van der Waals surface area contributed by atoms with E-state index in [1.165, 1.54) is 6.07 Å². The van der Waals surface area contributed by atoms with Crippen molar-refractivity contribution < 1.29 is 40.7 Å². The molecule has 33 heavy (non-hydrogen) atoms. The van der Waals surface area contributed by atoms with Crippen LogP contribution in [0.2, 0.25) is 0 Å². The lowest BCUT2D eigenvalue weighted by molar-refractivity contribution is -0.162. The van der Waals surface area contributed by atoms with Gasteiger partial charge in [0.15, 0.2) is 0 Å². The van der Waals surface area contributed by atoms with Crippen molar-refractivity contribution >= 4 is 23.2 Å². The number of alkyl halides is 6. The largest absolute Gasteiger partial charge is 0.418 e. The number of carbonyl (C=O) groups is 2. The van der Waals surface area contributed by atoms with Crippen molar-refractivity contribution in [2.75, 3.05) is 43.1 Å². The van der Waals surface area contributed by atoms with Crippen LogP contribution in [0.3, 0.4) is 0 Å². The van der Waals surface area contributed by atoms with Crippen molar-refractivity contribution in [1.29, 1.82) is 0 Å². The Balaban J connectivity index is 1.86. The number of benzene rings is 1. The summed E-state index contributed by atoms with van der Waals surface area (Å²) in [5.41, 5.74) is 3.69. The molecule has 184 valence electrons. The lowest BCUT2D eigenvalue weighted by atomic mass is 9.90. The van der Waals surface area contributed by atoms with Crippen LogP contribution in [0.1, 0.15) is 24.8 Å². The third-order valence-corrected chi connectivity index (χ3v) is 5.70. The van der Waals surface area contributed by atoms with Gasteiger partial charge in [-0.3, -0.25) is 14.5 Å². The number of nitrogens with two attached hydrogens (primary N) is 1. The van der Waals surface area contributed by atoms with Crippen molar-refractivity contribution in [3.63, 3.8) is 0 Å². The lowest BCUT2D eigenvalue weighted by Crippen LogP contribution is -2.57. The minimum absolute atomic E-state index is 0.0304. The Morgan fingerprint density at radius 3 is 2.45 bits per heavy atom. The molecule has 0 unspecified atom stereocenters. The van der Waals surface area contributed by atoms with Gasteiger partial charge in [0.05, 0.1) is 24.4 Å². The van der Waals surface area contributed by atoms with Crippen LogP contribution in [0.4, 0.5) is 37.7 Å². The maximum atomic E-state index is 13.7. The molecule has 7 nitrogen and oxygen atoms in total. The molecule has 0 spiro atoms. The number of amides is 2. The predicted octanol–water partition coefficient (Wildman–Crippen LogP) is 2.75. The Hall–Kier alpha value is -2.38. The van der Waals surface area contributed by atoms with E-state index in [4.69, 9.17) is 10.5 Å². The summed E-state index contributed by atoms with van der Waals surface area (Å²) in [4.78, 5) is 26.8. The molecule has 2 amide bonds. The summed E-state index contributed by atoms with van der Waals surface area (Å²) in [6.45, 7) is -1.95. The van der Waals surface area contributed by atoms with Gasteiger partial charge in [0.1, 0.15) is 12.6 Å². The van der Waals surface area contributed by atoms with Gasteiger partial charge in [-0.05, 0) is 31.0 Å². The second-order valence-corrected chi connectivity index (χ2v) is 7.94. The quantitative estimate of drug-likeness (QED) is 0.584. The smallest absolute Gasteiger partial charge is 0.370 e. The molecule has 1 saturated carbocycles. The molecule has 2 fully saturated rings. The molecule has 1 atom stereocenters. The van der Waals surface area contributed by atoms with Crippen molar-refractivity contribution in [3.05, 3.63) is 23.8 Å². The van der Waals surface area contributed by atoms with Crippen molar-refractivity contribution in [2.45, 2.75) is 43.7 Å². The van der Waals surface area contributed by atoms with Gasteiger partial charge in [-0.25, -0.2) is 0 Å². The molecule has 1 aromatic rings. The van der Waals surface area contributed by atoms with Gasteiger partial charge in [0, 0.05) is 24.8 Å². The Bertz CT molecular complexity index is 872. The fourth-order valence-electron chi connectivity index (χ4n) is 3.86. The van der Waals surface area contributed by atoms with Crippen LogP contribution in [0, 0.1) is 0 Å². The number of hydrogen-bond acceptors (Lipinski definition) is 5. The van der Waals surface area contributed by atoms with Crippen LogP contribution in [-0.4, -0.2) is 67.8 Å². The molecule has 1 aromatic carbocycles. The zero-order chi connectivity index (χ0) is 24.4. The van der Waals surface area contributed by atoms with E-state index in [1.54, 1.807) is 0 Å². The van der Waals surface area contributed by atoms with E-state index in [9.17, 15) is 35.9 Å². The Kier molecular flexibility index (Phi) is 7.54. The first kappa shape index (κ1) is 25.2. The first-order chi connectivity index (χ1) is 15.4. The summed E-state index contributed by atoms with van der Waals surface area (Å²) in [7, 11) is 0. The number of anilines is 2. The van der Waals surface area contributed by atoms with Crippen LogP contribution >= 0.6 is 0 Å². The van der Waals surface area contributed by atoms with Gasteiger partial charge in [0.2, 0.25) is 5.91 Å². The van der Waals surface area contributed by atoms with E-state index in [2.05, 4.69) is 5.32 Å². The fourth-order valence-corrected chi connectivity index (χ4v) is 3.86. The maximum absolute atomic E-state index is 13.7. The van der Waals surface area contributed by atoms with Gasteiger partial charge in [0.25, 0.3) is 5.91 Å². The third kappa shape index (κ3) is 6.15. The number of morpholine rings is 1. The molecule has 0 aromatic heterocycles. The number of nitrogens with zero attached hydrogens (tertiary/aromatic N) is 2. The molecule has 3 N–H and O–H groups in total. The molecular formula is C20H24F6N4O3. The summed E-state index contributed by atoms with van der Waals surface area (Å²) < 4.78 is 85.4. The molecule has 1 saturated heterocycles. The minimum atomic E-state index is -4.90. The van der Waals surface area contributed by atoms with Gasteiger partial charge in [-0.1, -0.05) is 6.42 Å². The highest BCUT2D eigenvalue weighted by atomic mass is 19.4. The highest BCUT2D eigenvalue weighted by Crippen LogP contribution is 2.38. The van der Waals surface area contributed by atoms with Crippen LogP contribution in [0.25, 0.3) is 0 Å². The van der Waals surface area contributed by atoms with E-state index >= 15 is 0 Å². The van der Waals surface area contributed by atoms with Crippen molar-refractivity contribution in [3.8, 4) is 0 Å². The average molecular weight is 482 g/mol. The summed E-state index contributed by atoms with van der Waals surface area (Å²) >= 11 is 0. The summed E-state index contributed by atoms with van der Waals surface area (Å²) in [6, 6.07) is 0.936.